The molecule has 1 aliphatic carbocycles. The van der Waals surface area contributed by atoms with Gasteiger partial charge in [-0.15, -0.1) is 0 Å². The molecule has 2 rings (SSSR count). The molecule has 0 spiro atoms. The van der Waals surface area contributed by atoms with Gasteiger partial charge in [-0.1, -0.05) is 13.8 Å². The van der Waals surface area contributed by atoms with E-state index < -0.39 is 0 Å². The number of nitrogens with one attached hydrogen (secondary N) is 1. The van der Waals surface area contributed by atoms with Crippen LogP contribution >= 0.6 is 0 Å². The molecule has 0 bridgehead atoms. The number of piperidine rings is 1. The lowest BCUT2D eigenvalue weighted by atomic mass is 9.85. The summed E-state index contributed by atoms with van der Waals surface area (Å²) in [5.74, 6) is 1.78. The van der Waals surface area contributed by atoms with Crippen molar-refractivity contribution in [1.29, 1.82) is 0 Å². The largest absolute Gasteiger partial charge is 0.311 e. The van der Waals surface area contributed by atoms with Gasteiger partial charge in [-0.25, -0.2) is 0 Å². The predicted molar refractivity (Wildman–Crippen MR) is 69.6 cm³/mol. The van der Waals surface area contributed by atoms with Crippen molar-refractivity contribution in [3.8, 4) is 0 Å². The van der Waals surface area contributed by atoms with Crippen LogP contribution in [0.3, 0.4) is 0 Å². The summed E-state index contributed by atoms with van der Waals surface area (Å²) in [6.45, 7) is 7.33. The first kappa shape index (κ1) is 12.4. The number of likely N-dealkylation sites (tertiary alicyclic amines) is 1. The van der Waals surface area contributed by atoms with Crippen molar-refractivity contribution in [2.24, 2.45) is 11.8 Å². The van der Waals surface area contributed by atoms with Gasteiger partial charge in [0.15, 0.2) is 0 Å². The lowest BCUT2D eigenvalue weighted by molar-refractivity contribution is 0.154. The van der Waals surface area contributed by atoms with Gasteiger partial charge in [0.25, 0.3) is 0 Å². The molecule has 0 radical (unpaired) electrons. The number of rotatable bonds is 2. The van der Waals surface area contributed by atoms with Gasteiger partial charge in [-0.2, -0.15) is 0 Å². The second-order valence-electron chi connectivity index (χ2n) is 6.26. The summed E-state index contributed by atoms with van der Waals surface area (Å²) in [6.07, 6.45) is 7.00. The molecule has 2 atom stereocenters. The maximum Gasteiger partial charge on any atom is 0.0120 e. The van der Waals surface area contributed by atoms with Crippen molar-refractivity contribution in [3.63, 3.8) is 0 Å². The molecule has 0 amide bonds. The fourth-order valence-corrected chi connectivity index (χ4v) is 3.33. The quantitative estimate of drug-likeness (QED) is 0.775. The summed E-state index contributed by atoms with van der Waals surface area (Å²) in [6, 6.07) is 1.58. The highest BCUT2D eigenvalue weighted by Gasteiger charge is 2.27. The highest BCUT2D eigenvalue weighted by molar-refractivity contribution is 4.86. The minimum atomic E-state index is 0.773. The molecule has 2 fully saturated rings. The Bertz CT molecular complexity index is 209. The number of hydrogen-bond acceptors (Lipinski definition) is 2. The molecule has 2 aliphatic rings. The standard InChI is InChI=1S/C14H28N2/c1-11-4-6-13(7-5-11)15-14-8-9-16(3)10-12(14)2/h11-15H,4-10H2,1-3H3. The van der Waals surface area contributed by atoms with Crippen molar-refractivity contribution < 1.29 is 0 Å². The monoisotopic (exact) mass is 224 g/mol. The zero-order valence-electron chi connectivity index (χ0n) is 11.2. The van der Waals surface area contributed by atoms with E-state index in [1.807, 2.05) is 0 Å². The van der Waals surface area contributed by atoms with E-state index in [2.05, 4.69) is 31.1 Å². The Hall–Kier alpha value is -0.0800. The molecule has 1 aliphatic heterocycles. The highest BCUT2D eigenvalue weighted by Crippen LogP contribution is 2.25. The molecular formula is C14H28N2. The molecule has 1 N–H and O–H groups in total. The topological polar surface area (TPSA) is 15.3 Å². The van der Waals surface area contributed by atoms with Gasteiger partial charge in [-0.3, -0.25) is 0 Å². The highest BCUT2D eigenvalue weighted by atomic mass is 15.1. The van der Waals surface area contributed by atoms with Crippen LogP contribution in [0, 0.1) is 11.8 Å². The van der Waals surface area contributed by atoms with Gasteiger partial charge in [0.2, 0.25) is 0 Å². The normalized spacial score (nSPS) is 42.2. The van der Waals surface area contributed by atoms with Crippen LogP contribution in [-0.4, -0.2) is 37.1 Å². The van der Waals surface area contributed by atoms with Crippen molar-refractivity contribution in [3.05, 3.63) is 0 Å². The second-order valence-corrected chi connectivity index (χ2v) is 6.26. The fraction of sp³-hybridized carbons (Fsp3) is 1.00. The first-order valence-electron chi connectivity index (χ1n) is 7.09. The van der Waals surface area contributed by atoms with Crippen LogP contribution in [0.5, 0.6) is 0 Å². The van der Waals surface area contributed by atoms with Gasteiger partial charge in [0.1, 0.15) is 0 Å². The molecule has 1 heterocycles. The molecule has 94 valence electrons. The second kappa shape index (κ2) is 5.50. The zero-order chi connectivity index (χ0) is 11.5. The molecule has 2 nitrogen and oxygen atoms in total. The molecule has 0 aromatic rings. The van der Waals surface area contributed by atoms with Gasteiger partial charge < -0.3 is 10.2 Å². The smallest absolute Gasteiger partial charge is 0.0120 e. The van der Waals surface area contributed by atoms with Crippen molar-refractivity contribution >= 4 is 0 Å². The minimum absolute atomic E-state index is 0.773. The Morgan fingerprint density at radius 1 is 1.00 bits per heavy atom. The van der Waals surface area contributed by atoms with Gasteiger partial charge in [-0.05, 0) is 57.5 Å². The minimum Gasteiger partial charge on any atom is -0.311 e. The molecule has 2 unspecified atom stereocenters. The Kier molecular flexibility index (Phi) is 4.26. The van der Waals surface area contributed by atoms with Gasteiger partial charge >= 0.3 is 0 Å². The van der Waals surface area contributed by atoms with Crippen LogP contribution in [0.25, 0.3) is 0 Å². The number of hydrogen-bond donors (Lipinski definition) is 1. The summed E-state index contributed by atoms with van der Waals surface area (Å²) >= 11 is 0. The predicted octanol–water partition coefficient (Wildman–Crippen LogP) is 2.49. The van der Waals surface area contributed by atoms with Crippen LogP contribution in [-0.2, 0) is 0 Å². The van der Waals surface area contributed by atoms with E-state index >= 15 is 0 Å². The zero-order valence-corrected chi connectivity index (χ0v) is 11.2. The first-order chi connectivity index (χ1) is 7.65. The molecule has 16 heavy (non-hydrogen) atoms. The average Bonchev–Trinajstić information content (AvgIpc) is 2.25. The molecular weight excluding hydrogens is 196 g/mol. The van der Waals surface area contributed by atoms with Gasteiger partial charge in [0.05, 0.1) is 0 Å². The summed E-state index contributed by atoms with van der Waals surface area (Å²) in [5.41, 5.74) is 0. The summed E-state index contributed by atoms with van der Waals surface area (Å²) < 4.78 is 0. The van der Waals surface area contributed by atoms with E-state index in [1.165, 1.54) is 45.2 Å². The van der Waals surface area contributed by atoms with Crippen LogP contribution < -0.4 is 5.32 Å². The van der Waals surface area contributed by atoms with E-state index in [0.717, 1.165) is 23.9 Å². The molecule has 1 saturated heterocycles. The SMILES string of the molecule is CC1CCC(NC2CCN(C)CC2C)CC1. The summed E-state index contributed by atoms with van der Waals surface area (Å²) in [4.78, 5) is 2.46. The lowest BCUT2D eigenvalue weighted by Crippen LogP contribution is -2.50. The first-order valence-corrected chi connectivity index (χ1v) is 7.09. The number of nitrogens with zero attached hydrogens (tertiary/aromatic N) is 1. The summed E-state index contributed by atoms with van der Waals surface area (Å²) in [5, 5.41) is 3.92. The Balaban J connectivity index is 1.76. The molecule has 2 heteroatoms. The third kappa shape index (κ3) is 3.21. The van der Waals surface area contributed by atoms with E-state index in [0.29, 0.717) is 0 Å². The Morgan fingerprint density at radius 2 is 1.69 bits per heavy atom. The van der Waals surface area contributed by atoms with Crippen LogP contribution in [0.1, 0.15) is 46.0 Å². The fourth-order valence-electron chi connectivity index (χ4n) is 3.33. The van der Waals surface area contributed by atoms with Gasteiger partial charge in [0, 0.05) is 18.6 Å². The van der Waals surface area contributed by atoms with Crippen LogP contribution in [0.15, 0.2) is 0 Å². The van der Waals surface area contributed by atoms with Crippen LogP contribution in [0.2, 0.25) is 0 Å². The third-order valence-electron chi connectivity index (χ3n) is 4.57. The van der Waals surface area contributed by atoms with Crippen molar-refractivity contribution in [2.75, 3.05) is 20.1 Å². The summed E-state index contributed by atoms with van der Waals surface area (Å²) in [7, 11) is 2.25. The molecule has 0 aromatic carbocycles. The van der Waals surface area contributed by atoms with E-state index in [-0.39, 0.29) is 0 Å². The Labute approximate surface area is 101 Å². The Morgan fingerprint density at radius 3 is 2.31 bits per heavy atom. The van der Waals surface area contributed by atoms with E-state index in [9.17, 15) is 0 Å². The van der Waals surface area contributed by atoms with Crippen molar-refractivity contribution in [1.82, 2.24) is 10.2 Å². The maximum atomic E-state index is 3.92. The average molecular weight is 224 g/mol. The van der Waals surface area contributed by atoms with E-state index in [1.54, 1.807) is 0 Å². The van der Waals surface area contributed by atoms with E-state index in [4.69, 9.17) is 0 Å². The van der Waals surface area contributed by atoms with Crippen LogP contribution in [0.4, 0.5) is 0 Å². The third-order valence-corrected chi connectivity index (χ3v) is 4.57. The molecule has 0 aromatic heterocycles. The lowest BCUT2D eigenvalue weighted by Gasteiger charge is -2.39. The molecule has 1 saturated carbocycles. The maximum absolute atomic E-state index is 3.92. The van der Waals surface area contributed by atoms with Crippen molar-refractivity contribution in [2.45, 2.75) is 58.0 Å².